The lowest BCUT2D eigenvalue weighted by atomic mass is 10.0. The maximum atomic E-state index is 11.4. The number of ether oxygens (including phenoxy) is 1. The third kappa shape index (κ3) is 3.79. The Morgan fingerprint density at radius 3 is 2.81 bits per heavy atom. The molecule has 0 amide bonds. The van der Waals surface area contributed by atoms with Crippen molar-refractivity contribution in [3.63, 3.8) is 0 Å². The van der Waals surface area contributed by atoms with Gasteiger partial charge in [-0.15, -0.1) is 0 Å². The number of fused-ring (bicyclic) bond motifs is 2. The van der Waals surface area contributed by atoms with Crippen molar-refractivity contribution in [3.05, 3.63) is 78.4 Å². The topological polar surface area (TPSA) is 130 Å². The molecule has 5 N–H and O–H groups in total. The van der Waals surface area contributed by atoms with Crippen LogP contribution >= 0.6 is 0 Å². The van der Waals surface area contributed by atoms with Gasteiger partial charge in [-0.05, 0) is 41.8 Å². The number of aromatic nitrogens is 4. The van der Waals surface area contributed by atoms with E-state index in [0.717, 1.165) is 22.2 Å². The number of nitrogens with one attached hydrogen (secondary N) is 2. The fourth-order valence-electron chi connectivity index (χ4n) is 3.86. The molecule has 2 aromatic carbocycles. The van der Waals surface area contributed by atoms with Crippen LogP contribution in [0, 0.1) is 0 Å². The zero-order valence-electron chi connectivity index (χ0n) is 17.1. The van der Waals surface area contributed by atoms with Gasteiger partial charge in [0.1, 0.15) is 12.4 Å². The number of hydrogen-bond acceptors (Lipinski definition) is 5. The minimum absolute atomic E-state index is 0.00883. The van der Waals surface area contributed by atoms with E-state index in [9.17, 15) is 9.90 Å². The van der Waals surface area contributed by atoms with Gasteiger partial charge in [0.25, 0.3) is 0 Å². The number of aromatic amines is 2. The van der Waals surface area contributed by atoms with E-state index in [1.807, 2.05) is 36.5 Å². The first-order valence-corrected chi connectivity index (χ1v) is 10.2. The molecule has 0 fully saturated rings. The van der Waals surface area contributed by atoms with E-state index >= 15 is 0 Å². The number of pyridine rings is 1. The molecule has 160 valence electrons. The number of carboxylic acids is 1. The largest absolute Gasteiger partial charge is 0.490 e. The number of carboxylic acid groups (broad SMARTS) is 1. The lowest BCUT2D eigenvalue weighted by Gasteiger charge is -2.13. The molecule has 1 atom stereocenters. The highest BCUT2D eigenvalue weighted by atomic mass is 16.5. The van der Waals surface area contributed by atoms with Crippen molar-refractivity contribution < 1.29 is 14.6 Å². The summed E-state index contributed by atoms with van der Waals surface area (Å²) in [5.41, 5.74) is 10.9. The number of hydrogen-bond donors (Lipinski definition) is 4. The van der Waals surface area contributed by atoms with E-state index < -0.39 is 5.97 Å². The summed E-state index contributed by atoms with van der Waals surface area (Å²) in [5, 5.41) is 17.6. The molecule has 5 aromatic rings. The smallest absolute Gasteiger partial charge is 0.357 e. The molecule has 5 rings (SSSR count). The second-order valence-corrected chi connectivity index (χ2v) is 7.68. The normalized spacial score (nSPS) is 12.3. The summed E-state index contributed by atoms with van der Waals surface area (Å²) < 4.78 is 5.91. The van der Waals surface area contributed by atoms with Crippen molar-refractivity contribution in [2.75, 3.05) is 6.61 Å². The van der Waals surface area contributed by atoms with Crippen molar-refractivity contribution in [2.24, 2.45) is 5.73 Å². The second-order valence-electron chi connectivity index (χ2n) is 7.68. The Balaban J connectivity index is 1.30. The van der Waals surface area contributed by atoms with Gasteiger partial charge < -0.3 is 20.6 Å². The van der Waals surface area contributed by atoms with Crippen LogP contribution in [0.25, 0.3) is 32.9 Å². The van der Waals surface area contributed by atoms with Gasteiger partial charge in [-0.25, -0.2) is 4.79 Å². The molecule has 32 heavy (non-hydrogen) atoms. The molecule has 0 aliphatic carbocycles. The molecular weight excluding hydrogens is 406 g/mol. The zero-order chi connectivity index (χ0) is 22.1. The van der Waals surface area contributed by atoms with Crippen LogP contribution in [0.5, 0.6) is 5.75 Å². The van der Waals surface area contributed by atoms with E-state index in [1.54, 1.807) is 24.5 Å². The maximum absolute atomic E-state index is 11.4. The Hall–Kier alpha value is -4.17. The number of para-hydroxylation sites is 1. The van der Waals surface area contributed by atoms with E-state index in [-0.39, 0.29) is 11.7 Å². The number of H-pyrrole nitrogens is 2. The monoisotopic (exact) mass is 427 g/mol. The Kier molecular flexibility index (Phi) is 5.04. The molecule has 0 aliphatic rings. The van der Waals surface area contributed by atoms with Crippen molar-refractivity contribution in [1.29, 1.82) is 0 Å². The predicted octanol–water partition coefficient (Wildman–Crippen LogP) is 3.75. The third-order valence-corrected chi connectivity index (χ3v) is 5.43. The van der Waals surface area contributed by atoms with Crippen LogP contribution in [-0.2, 0) is 6.42 Å². The SMILES string of the molecule is N[C@@H](COc1cncc(-c2ccc3[nH]nc(C(=O)O)c3c2)c1)Cc1c[nH]c2ccccc12. The summed E-state index contributed by atoms with van der Waals surface area (Å²) in [6.07, 6.45) is 6.03. The third-order valence-electron chi connectivity index (χ3n) is 5.43. The average Bonchev–Trinajstić information content (AvgIpc) is 3.42. The molecule has 8 heteroatoms. The van der Waals surface area contributed by atoms with Crippen molar-refractivity contribution in [1.82, 2.24) is 20.2 Å². The number of nitrogens with two attached hydrogens (primary N) is 1. The lowest BCUT2D eigenvalue weighted by molar-refractivity contribution is 0.0692. The highest BCUT2D eigenvalue weighted by Crippen LogP contribution is 2.27. The van der Waals surface area contributed by atoms with Gasteiger partial charge in [0.2, 0.25) is 0 Å². The summed E-state index contributed by atoms with van der Waals surface area (Å²) in [7, 11) is 0. The van der Waals surface area contributed by atoms with Crippen LogP contribution < -0.4 is 10.5 Å². The van der Waals surface area contributed by atoms with Crippen LogP contribution in [0.2, 0.25) is 0 Å². The molecule has 0 saturated heterocycles. The summed E-state index contributed by atoms with van der Waals surface area (Å²) >= 11 is 0. The molecular formula is C24H21N5O3. The Bertz CT molecular complexity index is 1420. The summed E-state index contributed by atoms with van der Waals surface area (Å²) in [4.78, 5) is 18.9. The zero-order valence-corrected chi connectivity index (χ0v) is 17.1. The van der Waals surface area contributed by atoms with E-state index in [4.69, 9.17) is 10.5 Å². The van der Waals surface area contributed by atoms with Crippen LogP contribution in [0.3, 0.4) is 0 Å². The fraction of sp³-hybridized carbons (Fsp3) is 0.125. The molecule has 3 aromatic heterocycles. The van der Waals surface area contributed by atoms with E-state index in [1.165, 1.54) is 5.39 Å². The maximum Gasteiger partial charge on any atom is 0.357 e. The highest BCUT2D eigenvalue weighted by Gasteiger charge is 2.14. The molecule has 0 unspecified atom stereocenters. The first-order chi connectivity index (χ1) is 15.6. The molecule has 8 nitrogen and oxygen atoms in total. The van der Waals surface area contributed by atoms with Crippen molar-refractivity contribution in [3.8, 4) is 16.9 Å². The molecule has 0 radical (unpaired) electrons. The van der Waals surface area contributed by atoms with Crippen LogP contribution in [0.4, 0.5) is 0 Å². The molecule has 0 bridgehead atoms. The number of benzene rings is 2. The average molecular weight is 427 g/mol. The van der Waals surface area contributed by atoms with E-state index in [2.05, 4.69) is 26.2 Å². The van der Waals surface area contributed by atoms with Crippen LogP contribution in [0.15, 0.2) is 67.1 Å². The summed E-state index contributed by atoms with van der Waals surface area (Å²) in [5.74, 6) is -0.476. The van der Waals surface area contributed by atoms with Crippen molar-refractivity contribution >= 4 is 27.8 Å². The number of aromatic carboxylic acids is 1. The van der Waals surface area contributed by atoms with E-state index in [0.29, 0.717) is 29.7 Å². The number of nitrogens with zero attached hydrogens (tertiary/aromatic N) is 2. The molecule has 3 heterocycles. The Labute approximate surface area is 183 Å². The first-order valence-electron chi connectivity index (χ1n) is 10.2. The van der Waals surface area contributed by atoms with Gasteiger partial charge in [0.15, 0.2) is 5.69 Å². The van der Waals surface area contributed by atoms with Crippen molar-refractivity contribution in [2.45, 2.75) is 12.5 Å². The molecule has 0 saturated carbocycles. The Morgan fingerprint density at radius 1 is 1.06 bits per heavy atom. The number of carbonyl (C=O) groups is 1. The second kappa shape index (κ2) is 8.16. The van der Waals surface area contributed by atoms with Gasteiger partial charge in [0.05, 0.1) is 11.7 Å². The lowest BCUT2D eigenvalue weighted by Crippen LogP contribution is -2.30. The Morgan fingerprint density at radius 2 is 1.94 bits per heavy atom. The first kappa shape index (κ1) is 19.8. The molecule has 0 aliphatic heterocycles. The minimum Gasteiger partial charge on any atom is -0.490 e. The molecule has 0 spiro atoms. The van der Waals surface area contributed by atoms with Crippen LogP contribution in [-0.4, -0.2) is 43.9 Å². The van der Waals surface area contributed by atoms with Gasteiger partial charge in [-0.1, -0.05) is 24.3 Å². The van der Waals surface area contributed by atoms with Gasteiger partial charge >= 0.3 is 5.97 Å². The summed E-state index contributed by atoms with van der Waals surface area (Å²) in [6.45, 7) is 0.342. The highest BCUT2D eigenvalue weighted by molar-refractivity contribution is 6.02. The van der Waals surface area contributed by atoms with Gasteiger partial charge in [-0.3, -0.25) is 10.1 Å². The van der Waals surface area contributed by atoms with Crippen LogP contribution in [0.1, 0.15) is 16.1 Å². The standard InChI is InChI=1S/C24H21N5O3/c25-17(7-16-11-27-21-4-2-1-3-19(16)21)13-32-18-8-15(10-26-12-18)14-5-6-22-20(9-14)23(24(30)31)29-28-22/h1-6,8-12,17,27H,7,13,25H2,(H,28,29)(H,30,31)/t17-/m1/s1. The van der Waals surface area contributed by atoms with Gasteiger partial charge in [0, 0.05) is 40.3 Å². The fourth-order valence-corrected chi connectivity index (χ4v) is 3.86. The predicted molar refractivity (Wildman–Crippen MR) is 122 cm³/mol. The minimum atomic E-state index is -1.08. The quantitative estimate of drug-likeness (QED) is 0.313. The number of rotatable bonds is 7. The van der Waals surface area contributed by atoms with Gasteiger partial charge in [-0.2, -0.15) is 5.10 Å². The summed E-state index contributed by atoms with van der Waals surface area (Å²) in [6, 6.07) is 15.3.